The first-order chi connectivity index (χ1) is 18.4. The molecule has 0 unspecified atom stereocenters. The van der Waals surface area contributed by atoms with Gasteiger partial charge in [-0.1, -0.05) is 42.7 Å². The summed E-state index contributed by atoms with van der Waals surface area (Å²) in [6.07, 6.45) is 8.01. The number of rotatable bonds is 9. The molecule has 2 saturated heterocycles. The molecule has 0 saturated carbocycles. The predicted octanol–water partition coefficient (Wildman–Crippen LogP) is 6.10. The highest BCUT2D eigenvalue weighted by Gasteiger charge is 2.37. The van der Waals surface area contributed by atoms with Gasteiger partial charge < -0.3 is 14.4 Å². The molecule has 0 spiro atoms. The van der Waals surface area contributed by atoms with E-state index in [0.717, 1.165) is 53.5 Å². The standard InChI is InChI=1S/C29H31ClN2O5S/c1-3-8-22-15-21(16-24(36-2)27(22)37-19-20-9-11-23(30)12-10-20)17-25-28(34)32(29(35)38-25)18-26(33)31-13-6-4-5-7-14-31/h3,9-12,15-17H,1,4-8,13-14,18-19H2,2H3. The molecule has 0 radical (unpaired) electrons. The number of carbonyl (C=O) groups is 3. The number of halogens is 1. The highest BCUT2D eigenvalue weighted by Crippen LogP contribution is 2.37. The number of hydrogen-bond acceptors (Lipinski definition) is 6. The lowest BCUT2D eigenvalue weighted by Gasteiger charge is -2.22. The van der Waals surface area contributed by atoms with Crippen LogP contribution in [-0.2, 0) is 22.6 Å². The van der Waals surface area contributed by atoms with Crippen LogP contribution in [0.15, 0.2) is 54.0 Å². The van der Waals surface area contributed by atoms with E-state index in [0.29, 0.717) is 48.2 Å². The average molecular weight is 555 g/mol. The summed E-state index contributed by atoms with van der Waals surface area (Å²) in [6, 6.07) is 11.0. The van der Waals surface area contributed by atoms with Crippen LogP contribution in [0.1, 0.15) is 42.4 Å². The first-order valence-corrected chi connectivity index (χ1v) is 13.8. The van der Waals surface area contributed by atoms with Crippen molar-refractivity contribution in [2.45, 2.75) is 38.7 Å². The Balaban J connectivity index is 1.53. The number of likely N-dealkylation sites (tertiary alicyclic amines) is 1. The Kier molecular flexibility index (Phi) is 9.53. The van der Waals surface area contributed by atoms with Crippen LogP contribution in [0.2, 0.25) is 5.02 Å². The van der Waals surface area contributed by atoms with E-state index in [-0.39, 0.29) is 17.4 Å². The lowest BCUT2D eigenvalue weighted by molar-refractivity contribution is -0.135. The Hall–Kier alpha value is -3.23. The zero-order chi connectivity index (χ0) is 27.1. The summed E-state index contributed by atoms with van der Waals surface area (Å²) >= 11 is 6.82. The summed E-state index contributed by atoms with van der Waals surface area (Å²) in [6.45, 7) is 5.27. The third-order valence-electron chi connectivity index (χ3n) is 6.46. The van der Waals surface area contributed by atoms with E-state index in [1.165, 1.54) is 0 Å². The highest BCUT2D eigenvalue weighted by atomic mass is 35.5. The lowest BCUT2D eigenvalue weighted by atomic mass is 10.0. The van der Waals surface area contributed by atoms with Crippen LogP contribution >= 0.6 is 23.4 Å². The molecule has 200 valence electrons. The van der Waals surface area contributed by atoms with Gasteiger partial charge in [0.05, 0.1) is 12.0 Å². The largest absolute Gasteiger partial charge is 0.493 e. The van der Waals surface area contributed by atoms with Crippen LogP contribution in [0.3, 0.4) is 0 Å². The summed E-state index contributed by atoms with van der Waals surface area (Å²) in [4.78, 5) is 41.6. The van der Waals surface area contributed by atoms with E-state index in [2.05, 4.69) is 6.58 Å². The van der Waals surface area contributed by atoms with Crippen molar-refractivity contribution >= 4 is 46.5 Å². The van der Waals surface area contributed by atoms with Gasteiger partial charge in [-0.2, -0.15) is 0 Å². The van der Waals surface area contributed by atoms with Crippen molar-refractivity contribution in [3.63, 3.8) is 0 Å². The minimum atomic E-state index is -0.463. The second kappa shape index (κ2) is 13.0. The molecule has 0 aliphatic carbocycles. The van der Waals surface area contributed by atoms with Gasteiger partial charge in [0, 0.05) is 23.7 Å². The molecule has 0 bridgehead atoms. The van der Waals surface area contributed by atoms with Crippen LogP contribution in [0.5, 0.6) is 11.5 Å². The molecule has 9 heteroatoms. The summed E-state index contributed by atoms with van der Waals surface area (Å²) < 4.78 is 11.7. The van der Waals surface area contributed by atoms with Gasteiger partial charge >= 0.3 is 0 Å². The Morgan fingerprint density at radius 3 is 2.47 bits per heavy atom. The normalized spacial score (nSPS) is 17.1. The van der Waals surface area contributed by atoms with Crippen molar-refractivity contribution in [1.29, 1.82) is 0 Å². The minimum absolute atomic E-state index is 0.187. The molecule has 2 aromatic rings. The number of thioether (sulfide) groups is 1. The Morgan fingerprint density at radius 2 is 1.82 bits per heavy atom. The molecule has 0 N–H and O–H groups in total. The maximum Gasteiger partial charge on any atom is 0.294 e. The van der Waals surface area contributed by atoms with Gasteiger partial charge in [-0.3, -0.25) is 19.3 Å². The predicted molar refractivity (Wildman–Crippen MR) is 150 cm³/mol. The van der Waals surface area contributed by atoms with E-state index in [9.17, 15) is 14.4 Å². The quantitative estimate of drug-likeness (QED) is 0.275. The van der Waals surface area contributed by atoms with Gasteiger partial charge in [0.2, 0.25) is 5.91 Å². The molecule has 0 atom stereocenters. The number of ether oxygens (including phenoxy) is 2. The van der Waals surface area contributed by atoms with Crippen LogP contribution < -0.4 is 9.47 Å². The Labute approximate surface area is 232 Å². The molecule has 2 aromatic carbocycles. The third-order valence-corrected chi connectivity index (χ3v) is 7.62. The molecular weight excluding hydrogens is 524 g/mol. The molecule has 38 heavy (non-hydrogen) atoms. The lowest BCUT2D eigenvalue weighted by Crippen LogP contribution is -2.42. The van der Waals surface area contributed by atoms with Crippen molar-refractivity contribution in [2.24, 2.45) is 0 Å². The van der Waals surface area contributed by atoms with Crippen molar-refractivity contribution in [1.82, 2.24) is 9.80 Å². The van der Waals surface area contributed by atoms with Gasteiger partial charge in [0.1, 0.15) is 13.2 Å². The van der Waals surface area contributed by atoms with Crippen molar-refractivity contribution in [2.75, 3.05) is 26.7 Å². The van der Waals surface area contributed by atoms with Gasteiger partial charge in [0.15, 0.2) is 11.5 Å². The second-order valence-electron chi connectivity index (χ2n) is 9.18. The number of methoxy groups -OCH3 is 1. The SMILES string of the molecule is C=CCc1cc(C=C2SC(=O)N(CC(=O)N3CCCCCC3)C2=O)cc(OC)c1OCc1ccc(Cl)cc1. The number of nitrogens with zero attached hydrogens (tertiary/aromatic N) is 2. The van der Waals surface area contributed by atoms with Crippen molar-refractivity contribution in [3.8, 4) is 11.5 Å². The topological polar surface area (TPSA) is 76.2 Å². The second-order valence-corrected chi connectivity index (χ2v) is 10.6. The smallest absolute Gasteiger partial charge is 0.294 e. The monoisotopic (exact) mass is 554 g/mol. The van der Waals surface area contributed by atoms with Crippen LogP contribution in [0.25, 0.3) is 6.08 Å². The fourth-order valence-electron chi connectivity index (χ4n) is 4.47. The maximum atomic E-state index is 13.1. The van der Waals surface area contributed by atoms with Crippen molar-refractivity contribution < 1.29 is 23.9 Å². The number of allylic oxidation sites excluding steroid dienone is 1. The van der Waals surface area contributed by atoms with E-state index in [1.807, 2.05) is 18.2 Å². The van der Waals surface area contributed by atoms with Crippen LogP contribution in [0.4, 0.5) is 4.79 Å². The number of carbonyl (C=O) groups excluding carboxylic acids is 3. The van der Waals surface area contributed by atoms with Crippen LogP contribution in [-0.4, -0.2) is 53.6 Å². The number of amides is 3. The molecule has 0 aromatic heterocycles. The molecule has 3 amide bonds. The first kappa shape index (κ1) is 27.8. The third kappa shape index (κ3) is 6.79. The summed E-state index contributed by atoms with van der Waals surface area (Å²) in [5, 5.41) is 0.212. The van der Waals surface area contributed by atoms with Gasteiger partial charge in [-0.05, 0) is 72.5 Å². The molecule has 2 fully saturated rings. The zero-order valence-corrected chi connectivity index (χ0v) is 23.0. The molecule has 2 aliphatic rings. The molecule has 2 aliphatic heterocycles. The molecular formula is C29H31ClN2O5S. The minimum Gasteiger partial charge on any atom is -0.493 e. The van der Waals surface area contributed by atoms with Gasteiger partial charge in [-0.15, -0.1) is 6.58 Å². The fraction of sp³-hybridized carbons (Fsp3) is 0.345. The van der Waals surface area contributed by atoms with E-state index in [1.54, 1.807) is 42.4 Å². The summed E-state index contributed by atoms with van der Waals surface area (Å²) in [7, 11) is 1.55. The number of hydrogen-bond donors (Lipinski definition) is 0. The van der Waals surface area contributed by atoms with Gasteiger partial charge in [-0.25, -0.2) is 0 Å². The average Bonchev–Trinajstić information content (AvgIpc) is 3.09. The number of benzene rings is 2. The van der Waals surface area contributed by atoms with Crippen molar-refractivity contribution in [3.05, 3.63) is 75.7 Å². The van der Waals surface area contributed by atoms with E-state index < -0.39 is 11.1 Å². The summed E-state index contributed by atoms with van der Waals surface area (Å²) in [5.41, 5.74) is 2.46. The fourth-order valence-corrected chi connectivity index (χ4v) is 5.43. The number of imide groups is 1. The van der Waals surface area contributed by atoms with Gasteiger partial charge in [0.25, 0.3) is 11.1 Å². The molecule has 7 nitrogen and oxygen atoms in total. The van der Waals surface area contributed by atoms with E-state index >= 15 is 0 Å². The zero-order valence-electron chi connectivity index (χ0n) is 21.4. The Morgan fingerprint density at radius 1 is 1.11 bits per heavy atom. The highest BCUT2D eigenvalue weighted by molar-refractivity contribution is 8.18. The van der Waals surface area contributed by atoms with Crippen LogP contribution in [0, 0.1) is 0 Å². The molecule has 2 heterocycles. The Bertz CT molecular complexity index is 1240. The summed E-state index contributed by atoms with van der Waals surface area (Å²) in [5.74, 6) is 0.429. The molecule has 4 rings (SSSR count). The maximum absolute atomic E-state index is 13.1. The first-order valence-electron chi connectivity index (χ1n) is 12.6. The van der Waals surface area contributed by atoms with E-state index in [4.69, 9.17) is 21.1 Å².